The van der Waals surface area contributed by atoms with Gasteiger partial charge in [-0.1, -0.05) is 18.2 Å². The Kier molecular flexibility index (Phi) is 8.59. The lowest BCUT2D eigenvalue weighted by Crippen LogP contribution is -2.21. The number of halogens is 6. The van der Waals surface area contributed by atoms with Crippen molar-refractivity contribution in [2.45, 2.75) is 32.4 Å². The van der Waals surface area contributed by atoms with Gasteiger partial charge in [0.25, 0.3) is 5.91 Å². The number of alkyl halides is 6. The number of anilines is 4. The fourth-order valence-corrected chi connectivity index (χ4v) is 3.35. The third-order valence-electron chi connectivity index (χ3n) is 5.29. The summed E-state index contributed by atoms with van der Waals surface area (Å²) in [5.74, 6) is -0.932. The minimum absolute atomic E-state index is 0.0576. The zero-order chi connectivity index (χ0) is 29.6. The Balaban J connectivity index is 1.45. The number of benzene rings is 2. The van der Waals surface area contributed by atoms with Crippen molar-refractivity contribution in [3.05, 3.63) is 77.6 Å². The van der Waals surface area contributed by atoms with E-state index in [1.165, 1.54) is 6.07 Å². The van der Waals surface area contributed by atoms with Crippen LogP contribution in [0.3, 0.4) is 0 Å². The van der Waals surface area contributed by atoms with Crippen molar-refractivity contribution in [2.24, 2.45) is 0 Å². The van der Waals surface area contributed by atoms with E-state index in [2.05, 4.69) is 40.7 Å². The van der Waals surface area contributed by atoms with Crippen LogP contribution in [0.15, 0.2) is 60.8 Å². The largest absolute Gasteiger partial charge is 0.454 e. The van der Waals surface area contributed by atoms with E-state index in [4.69, 9.17) is 0 Å². The van der Waals surface area contributed by atoms with Crippen molar-refractivity contribution in [1.82, 2.24) is 24.7 Å². The van der Waals surface area contributed by atoms with E-state index in [0.717, 1.165) is 18.2 Å². The molecule has 0 aliphatic carbocycles. The fourth-order valence-electron chi connectivity index (χ4n) is 3.35. The van der Waals surface area contributed by atoms with Crippen molar-refractivity contribution >= 4 is 29.2 Å². The van der Waals surface area contributed by atoms with Gasteiger partial charge in [0.15, 0.2) is 12.3 Å². The van der Waals surface area contributed by atoms with Gasteiger partial charge in [0, 0.05) is 30.7 Å². The van der Waals surface area contributed by atoms with Crippen LogP contribution < -0.4 is 20.7 Å². The molecule has 0 fully saturated rings. The standard InChI is InChI=1S/C25H22F6N8O2/c1-2-39-11-10-19(38-39)20(40)33-17-8-6-15(7-9-17)13-32-21-35-22(37-23(36-21)41-14-24(26,27)28)34-18-5-3-4-16(12-18)25(29,30)31/h3-12H,2,13-14H2,1H3,(H,33,40)(H2,32,34,35,36,37). The third-order valence-corrected chi connectivity index (χ3v) is 5.29. The minimum Gasteiger partial charge on any atom is -0.454 e. The van der Waals surface area contributed by atoms with Gasteiger partial charge in [-0.15, -0.1) is 0 Å². The Morgan fingerprint density at radius 1 is 0.927 bits per heavy atom. The van der Waals surface area contributed by atoms with E-state index >= 15 is 0 Å². The van der Waals surface area contributed by atoms with Crippen molar-refractivity contribution in [2.75, 3.05) is 22.6 Å². The van der Waals surface area contributed by atoms with Crippen LogP contribution in [-0.4, -0.2) is 43.4 Å². The molecule has 2 aromatic carbocycles. The molecule has 10 nitrogen and oxygen atoms in total. The molecular formula is C25H22F6N8O2. The van der Waals surface area contributed by atoms with Crippen molar-refractivity contribution in [3.8, 4) is 6.01 Å². The molecule has 4 rings (SSSR count). The molecule has 0 unspecified atom stereocenters. The van der Waals surface area contributed by atoms with E-state index in [9.17, 15) is 31.1 Å². The second-order valence-corrected chi connectivity index (χ2v) is 8.43. The predicted octanol–water partition coefficient (Wildman–Crippen LogP) is 5.66. The molecule has 0 bridgehead atoms. The second-order valence-electron chi connectivity index (χ2n) is 8.43. The number of carbonyl (C=O) groups is 1. The molecule has 1 amide bonds. The van der Waals surface area contributed by atoms with E-state index in [0.29, 0.717) is 17.8 Å². The number of nitrogens with one attached hydrogen (secondary N) is 3. The lowest BCUT2D eigenvalue weighted by Gasteiger charge is -2.13. The van der Waals surface area contributed by atoms with E-state index in [1.807, 2.05) is 6.92 Å². The van der Waals surface area contributed by atoms with Gasteiger partial charge in [-0.25, -0.2) is 0 Å². The van der Waals surface area contributed by atoms with Crippen LogP contribution in [0, 0.1) is 0 Å². The topological polar surface area (TPSA) is 119 Å². The summed E-state index contributed by atoms with van der Waals surface area (Å²) in [7, 11) is 0. The van der Waals surface area contributed by atoms with Crippen LogP contribution in [0.1, 0.15) is 28.5 Å². The molecule has 0 spiro atoms. The highest BCUT2D eigenvalue weighted by Crippen LogP contribution is 2.31. The molecule has 0 saturated heterocycles. The number of aryl methyl sites for hydroxylation is 1. The molecule has 0 aliphatic rings. The highest BCUT2D eigenvalue weighted by Gasteiger charge is 2.31. The summed E-state index contributed by atoms with van der Waals surface area (Å²) in [6.45, 7) is 0.920. The number of carbonyl (C=O) groups excluding carboxylic acids is 1. The molecule has 3 N–H and O–H groups in total. The maximum Gasteiger partial charge on any atom is 0.422 e. The summed E-state index contributed by atoms with van der Waals surface area (Å²) < 4.78 is 83.4. The van der Waals surface area contributed by atoms with E-state index in [-0.39, 0.29) is 35.7 Å². The van der Waals surface area contributed by atoms with Gasteiger partial charge < -0.3 is 20.7 Å². The van der Waals surface area contributed by atoms with Gasteiger partial charge in [0.05, 0.1) is 5.56 Å². The molecule has 0 atom stereocenters. The molecule has 216 valence electrons. The highest BCUT2D eigenvalue weighted by molar-refractivity contribution is 6.02. The summed E-state index contributed by atoms with van der Waals surface area (Å²) in [6, 6.07) is 11.6. The first-order chi connectivity index (χ1) is 19.4. The number of amides is 1. The summed E-state index contributed by atoms with van der Waals surface area (Å²) >= 11 is 0. The van der Waals surface area contributed by atoms with E-state index in [1.54, 1.807) is 41.2 Å². The van der Waals surface area contributed by atoms with Crippen LogP contribution in [0.4, 0.5) is 49.6 Å². The zero-order valence-corrected chi connectivity index (χ0v) is 21.2. The van der Waals surface area contributed by atoms with Crippen molar-refractivity contribution in [3.63, 3.8) is 0 Å². The van der Waals surface area contributed by atoms with Crippen LogP contribution in [-0.2, 0) is 19.3 Å². The molecular weight excluding hydrogens is 558 g/mol. The normalized spacial score (nSPS) is 11.7. The van der Waals surface area contributed by atoms with Gasteiger partial charge in [0.2, 0.25) is 11.9 Å². The quantitative estimate of drug-likeness (QED) is 0.206. The molecule has 2 aromatic heterocycles. The van der Waals surface area contributed by atoms with Crippen LogP contribution in [0.2, 0.25) is 0 Å². The Hall–Kier alpha value is -4.89. The summed E-state index contributed by atoms with van der Waals surface area (Å²) in [5, 5.41) is 12.2. The summed E-state index contributed by atoms with van der Waals surface area (Å²) in [6.07, 6.45) is -7.60. The van der Waals surface area contributed by atoms with Crippen LogP contribution in [0.25, 0.3) is 0 Å². The number of nitrogens with zero attached hydrogens (tertiary/aromatic N) is 5. The van der Waals surface area contributed by atoms with Crippen molar-refractivity contribution in [1.29, 1.82) is 0 Å². The molecule has 16 heteroatoms. The monoisotopic (exact) mass is 580 g/mol. The first-order valence-corrected chi connectivity index (χ1v) is 12.0. The maximum absolute atomic E-state index is 13.1. The van der Waals surface area contributed by atoms with Gasteiger partial charge in [-0.3, -0.25) is 9.48 Å². The molecule has 41 heavy (non-hydrogen) atoms. The first kappa shape index (κ1) is 29.1. The number of aromatic nitrogens is 5. The SMILES string of the molecule is CCn1ccc(C(=O)Nc2ccc(CNc3nc(Nc4cccc(C(F)(F)F)c4)nc(OCC(F)(F)F)n3)cc2)n1. The van der Waals surface area contributed by atoms with Gasteiger partial charge in [-0.2, -0.15) is 46.4 Å². The molecule has 0 radical (unpaired) electrons. The summed E-state index contributed by atoms with van der Waals surface area (Å²) in [4.78, 5) is 23.9. The Morgan fingerprint density at radius 3 is 2.32 bits per heavy atom. The lowest BCUT2D eigenvalue weighted by atomic mass is 10.2. The minimum atomic E-state index is -4.68. The average molecular weight is 580 g/mol. The first-order valence-electron chi connectivity index (χ1n) is 12.0. The number of rotatable bonds is 10. The Labute approximate surface area is 228 Å². The molecule has 2 heterocycles. The van der Waals surface area contributed by atoms with Gasteiger partial charge in [0.1, 0.15) is 0 Å². The highest BCUT2D eigenvalue weighted by atomic mass is 19.4. The number of ether oxygens (including phenoxy) is 1. The number of hydrogen-bond donors (Lipinski definition) is 3. The smallest absolute Gasteiger partial charge is 0.422 e. The Morgan fingerprint density at radius 2 is 1.66 bits per heavy atom. The van der Waals surface area contributed by atoms with E-state index < -0.39 is 30.5 Å². The molecule has 0 aliphatic heterocycles. The van der Waals surface area contributed by atoms with Crippen LogP contribution in [0.5, 0.6) is 6.01 Å². The van der Waals surface area contributed by atoms with Crippen molar-refractivity contribution < 1.29 is 35.9 Å². The van der Waals surface area contributed by atoms with Gasteiger partial charge >= 0.3 is 18.4 Å². The van der Waals surface area contributed by atoms with Crippen LogP contribution >= 0.6 is 0 Å². The third kappa shape index (κ3) is 8.55. The molecule has 0 saturated carbocycles. The average Bonchev–Trinajstić information content (AvgIpc) is 3.41. The lowest BCUT2D eigenvalue weighted by molar-refractivity contribution is -0.154. The zero-order valence-electron chi connectivity index (χ0n) is 21.2. The predicted molar refractivity (Wildman–Crippen MR) is 136 cm³/mol. The second kappa shape index (κ2) is 12.1. The fraction of sp³-hybridized carbons (Fsp3) is 0.240. The summed E-state index contributed by atoms with van der Waals surface area (Å²) in [5.41, 5.74) is 0.436. The maximum atomic E-state index is 13.1. The number of hydrogen-bond acceptors (Lipinski definition) is 8. The molecule has 4 aromatic rings. The van der Waals surface area contributed by atoms with Gasteiger partial charge in [-0.05, 0) is 48.9 Å². The Bertz CT molecular complexity index is 1490.